The molecule has 0 aromatic carbocycles. The van der Waals surface area contributed by atoms with Gasteiger partial charge in [-0.05, 0) is 30.8 Å². The van der Waals surface area contributed by atoms with Crippen LogP contribution in [0.15, 0.2) is 5.38 Å². The van der Waals surface area contributed by atoms with Crippen molar-refractivity contribution >= 4 is 22.9 Å². The van der Waals surface area contributed by atoms with Crippen molar-refractivity contribution in [3.05, 3.63) is 20.8 Å². The number of hydrogen-bond donors (Lipinski definition) is 1. The molecule has 1 aromatic heterocycles. The third-order valence-corrected chi connectivity index (χ3v) is 4.84. The van der Waals surface area contributed by atoms with Crippen molar-refractivity contribution in [1.82, 2.24) is 5.32 Å². The van der Waals surface area contributed by atoms with E-state index in [1.165, 1.54) is 23.3 Å². The van der Waals surface area contributed by atoms with E-state index in [1.54, 1.807) is 11.3 Å². The molecule has 0 aliphatic heterocycles. The summed E-state index contributed by atoms with van der Waals surface area (Å²) in [5.74, 6) is 0.672. The number of nitrogens with one attached hydrogen (secondary N) is 1. The number of aryl methyl sites for hydroxylation is 1. The zero-order chi connectivity index (χ0) is 11.4. The van der Waals surface area contributed by atoms with Crippen LogP contribution in [0.5, 0.6) is 0 Å². The Bertz CT molecular complexity index is 305. The maximum atomic E-state index is 6.31. The summed E-state index contributed by atoms with van der Waals surface area (Å²) in [6.45, 7) is 6.56. The summed E-state index contributed by atoms with van der Waals surface area (Å²) in [5, 5.41) is 6.49. The van der Waals surface area contributed by atoms with Gasteiger partial charge in [0.05, 0.1) is 5.02 Å². The van der Waals surface area contributed by atoms with Gasteiger partial charge in [-0.1, -0.05) is 38.3 Å². The first-order valence-corrected chi connectivity index (χ1v) is 6.82. The second kappa shape index (κ2) is 5.88. The highest BCUT2D eigenvalue weighted by atomic mass is 35.5. The minimum atomic E-state index is 0.409. The highest BCUT2D eigenvalue weighted by Crippen LogP contribution is 2.37. The van der Waals surface area contributed by atoms with Crippen molar-refractivity contribution in [3.63, 3.8) is 0 Å². The average molecular weight is 246 g/mol. The molecule has 0 bridgehead atoms. The lowest BCUT2D eigenvalue weighted by Gasteiger charge is -2.24. The first kappa shape index (κ1) is 13.0. The summed E-state index contributed by atoms with van der Waals surface area (Å²) in [4.78, 5) is 1.30. The molecule has 1 nitrogen and oxygen atoms in total. The second-order valence-electron chi connectivity index (χ2n) is 3.94. The predicted molar refractivity (Wildman–Crippen MR) is 69.9 cm³/mol. The SMILES string of the molecule is CCC(CC)C(NC)c1scc(C)c1Cl. The summed E-state index contributed by atoms with van der Waals surface area (Å²) in [6.07, 6.45) is 2.38. The largest absolute Gasteiger partial charge is 0.312 e. The van der Waals surface area contributed by atoms with Crippen molar-refractivity contribution in [3.8, 4) is 0 Å². The van der Waals surface area contributed by atoms with Crippen LogP contribution in [0.2, 0.25) is 5.02 Å². The normalized spacial score (nSPS) is 13.5. The summed E-state index contributed by atoms with van der Waals surface area (Å²) < 4.78 is 0. The lowest BCUT2D eigenvalue weighted by atomic mass is 9.93. The molecule has 1 N–H and O–H groups in total. The van der Waals surface area contributed by atoms with Gasteiger partial charge < -0.3 is 5.32 Å². The Kier molecular flexibility index (Phi) is 5.10. The Morgan fingerprint density at radius 1 is 1.40 bits per heavy atom. The Balaban J connectivity index is 2.96. The Morgan fingerprint density at radius 2 is 2.00 bits per heavy atom. The van der Waals surface area contributed by atoms with Crippen molar-refractivity contribution in [1.29, 1.82) is 0 Å². The molecule has 0 spiro atoms. The number of rotatable bonds is 5. The molecule has 0 fully saturated rings. The molecule has 15 heavy (non-hydrogen) atoms. The molecule has 86 valence electrons. The Hall–Kier alpha value is -0.0500. The van der Waals surface area contributed by atoms with E-state index in [-0.39, 0.29) is 0 Å². The number of thiophene rings is 1. The van der Waals surface area contributed by atoms with Gasteiger partial charge in [-0.25, -0.2) is 0 Å². The minimum absolute atomic E-state index is 0.409. The van der Waals surface area contributed by atoms with Crippen molar-refractivity contribution in [2.24, 2.45) is 5.92 Å². The molecule has 0 saturated heterocycles. The van der Waals surface area contributed by atoms with E-state index in [0.29, 0.717) is 12.0 Å². The number of hydrogen-bond acceptors (Lipinski definition) is 2. The molecular formula is C12H20ClNS. The number of halogens is 1. The third-order valence-electron chi connectivity index (χ3n) is 3.04. The van der Waals surface area contributed by atoms with E-state index in [9.17, 15) is 0 Å². The standard InChI is InChI=1S/C12H20ClNS/c1-5-9(6-2)11(14-4)12-10(13)8(3)7-15-12/h7,9,11,14H,5-6H2,1-4H3. The van der Waals surface area contributed by atoms with Gasteiger partial charge in [0.1, 0.15) is 0 Å². The van der Waals surface area contributed by atoms with Crippen LogP contribution in [-0.4, -0.2) is 7.05 Å². The molecule has 1 atom stereocenters. The summed E-state index contributed by atoms with van der Waals surface area (Å²) in [6, 6.07) is 0.409. The van der Waals surface area contributed by atoms with Crippen molar-refractivity contribution in [2.75, 3.05) is 7.05 Å². The van der Waals surface area contributed by atoms with E-state index < -0.39 is 0 Å². The van der Waals surface area contributed by atoms with Gasteiger partial charge in [0.2, 0.25) is 0 Å². The Labute approximate surface area is 102 Å². The molecule has 0 aliphatic carbocycles. The van der Waals surface area contributed by atoms with Gasteiger partial charge in [-0.3, -0.25) is 0 Å². The van der Waals surface area contributed by atoms with Crippen LogP contribution in [-0.2, 0) is 0 Å². The second-order valence-corrected chi connectivity index (χ2v) is 5.23. The van der Waals surface area contributed by atoms with Crippen LogP contribution in [0.3, 0.4) is 0 Å². The van der Waals surface area contributed by atoms with Crippen LogP contribution < -0.4 is 5.32 Å². The first-order chi connectivity index (χ1) is 7.15. The van der Waals surface area contributed by atoms with E-state index in [4.69, 9.17) is 11.6 Å². The first-order valence-electron chi connectivity index (χ1n) is 5.56. The molecule has 0 amide bonds. The molecule has 3 heteroatoms. The fourth-order valence-corrected chi connectivity index (χ4v) is 3.51. The molecule has 0 aliphatic rings. The van der Waals surface area contributed by atoms with Crippen LogP contribution >= 0.6 is 22.9 Å². The maximum absolute atomic E-state index is 6.31. The molecule has 0 saturated carbocycles. The molecule has 1 heterocycles. The smallest absolute Gasteiger partial charge is 0.0590 e. The van der Waals surface area contributed by atoms with Gasteiger partial charge in [0.25, 0.3) is 0 Å². The maximum Gasteiger partial charge on any atom is 0.0590 e. The van der Waals surface area contributed by atoms with E-state index in [1.807, 2.05) is 7.05 Å². The zero-order valence-electron chi connectivity index (χ0n) is 9.93. The fraction of sp³-hybridized carbons (Fsp3) is 0.667. The van der Waals surface area contributed by atoms with Crippen molar-refractivity contribution < 1.29 is 0 Å². The van der Waals surface area contributed by atoms with Gasteiger partial charge in [0, 0.05) is 10.9 Å². The molecule has 1 aromatic rings. The van der Waals surface area contributed by atoms with Crippen LogP contribution in [0.1, 0.15) is 43.2 Å². The predicted octanol–water partition coefficient (Wildman–Crippen LogP) is 4.41. The molecule has 1 rings (SSSR count). The third kappa shape index (κ3) is 2.74. The fourth-order valence-electron chi connectivity index (χ4n) is 2.00. The quantitative estimate of drug-likeness (QED) is 0.811. The highest BCUT2D eigenvalue weighted by Gasteiger charge is 2.22. The topological polar surface area (TPSA) is 12.0 Å². The van der Waals surface area contributed by atoms with E-state index in [0.717, 1.165) is 5.02 Å². The summed E-state index contributed by atoms with van der Waals surface area (Å²) in [7, 11) is 2.02. The molecule has 1 unspecified atom stereocenters. The van der Waals surface area contributed by atoms with Crippen LogP contribution in [0.25, 0.3) is 0 Å². The van der Waals surface area contributed by atoms with Gasteiger partial charge in [-0.15, -0.1) is 11.3 Å². The van der Waals surface area contributed by atoms with Crippen molar-refractivity contribution in [2.45, 2.75) is 39.7 Å². The molecule has 0 radical (unpaired) electrons. The summed E-state index contributed by atoms with van der Waals surface area (Å²) >= 11 is 8.08. The monoisotopic (exact) mass is 245 g/mol. The summed E-state index contributed by atoms with van der Waals surface area (Å²) in [5.41, 5.74) is 1.20. The zero-order valence-corrected chi connectivity index (χ0v) is 11.5. The van der Waals surface area contributed by atoms with Crippen LogP contribution in [0, 0.1) is 12.8 Å². The van der Waals surface area contributed by atoms with Crippen LogP contribution in [0.4, 0.5) is 0 Å². The van der Waals surface area contributed by atoms with E-state index >= 15 is 0 Å². The lowest BCUT2D eigenvalue weighted by Crippen LogP contribution is -2.24. The van der Waals surface area contributed by atoms with Gasteiger partial charge >= 0.3 is 0 Å². The van der Waals surface area contributed by atoms with E-state index in [2.05, 4.69) is 31.5 Å². The highest BCUT2D eigenvalue weighted by molar-refractivity contribution is 7.10. The average Bonchev–Trinajstić information content (AvgIpc) is 2.57. The lowest BCUT2D eigenvalue weighted by molar-refractivity contribution is 0.364. The Morgan fingerprint density at radius 3 is 2.33 bits per heavy atom. The van der Waals surface area contributed by atoms with Gasteiger partial charge in [-0.2, -0.15) is 0 Å². The minimum Gasteiger partial charge on any atom is -0.312 e. The molecular weight excluding hydrogens is 226 g/mol. The van der Waals surface area contributed by atoms with Gasteiger partial charge in [0.15, 0.2) is 0 Å².